The zero-order valence-corrected chi connectivity index (χ0v) is 9.74. The van der Waals surface area contributed by atoms with Crippen molar-refractivity contribution in [3.63, 3.8) is 0 Å². The molecule has 0 unspecified atom stereocenters. The van der Waals surface area contributed by atoms with Crippen LogP contribution in [0.2, 0.25) is 0 Å². The van der Waals surface area contributed by atoms with Crippen LogP contribution in [0.15, 0.2) is 24.5 Å². The topological polar surface area (TPSA) is 28.2 Å². The normalized spacial score (nSPS) is 10.9. The number of pyridine rings is 1. The van der Waals surface area contributed by atoms with Crippen molar-refractivity contribution in [3.05, 3.63) is 30.1 Å². The number of hydrogen-bond donors (Lipinski definition) is 1. The summed E-state index contributed by atoms with van der Waals surface area (Å²) in [4.78, 5) is 6.44. The van der Waals surface area contributed by atoms with Gasteiger partial charge < -0.3 is 10.2 Å². The van der Waals surface area contributed by atoms with Crippen LogP contribution in [0.4, 0.5) is 0 Å². The molecule has 0 amide bonds. The fraction of sp³-hybridized carbons (Fsp3) is 0.583. The molecule has 0 aliphatic heterocycles. The van der Waals surface area contributed by atoms with Gasteiger partial charge in [-0.15, -0.1) is 0 Å². The first kappa shape index (κ1) is 12.1. The second kappa shape index (κ2) is 7.37. The predicted molar refractivity (Wildman–Crippen MR) is 63.7 cm³/mol. The molecule has 0 aliphatic carbocycles. The first-order valence-corrected chi connectivity index (χ1v) is 5.61. The van der Waals surface area contributed by atoms with Crippen molar-refractivity contribution in [2.24, 2.45) is 0 Å². The Bertz CT molecular complexity index is 248. The van der Waals surface area contributed by atoms with Gasteiger partial charge in [0.1, 0.15) is 0 Å². The molecule has 15 heavy (non-hydrogen) atoms. The van der Waals surface area contributed by atoms with Crippen LogP contribution in [-0.4, -0.2) is 36.6 Å². The van der Waals surface area contributed by atoms with Crippen LogP contribution in [0.1, 0.15) is 18.9 Å². The smallest absolute Gasteiger partial charge is 0.0312 e. The fourth-order valence-electron chi connectivity index (χ4n) is 1.53. The lowest BCUT2D eigenvalue weighted by Crippen LogP contribution is -2.23. The summed E-state index contributed by atoms with van der Waals surface area (Å²) in [5, 5.41) is 3.33. The molecular weight excluding hydrogens is 186 g/mol. The Balaban J connectivity index is 2.16. The highest BCUT2D eigenvalue weighted by molar-refractivity contribution is 5.07. The van der Waals surface area contributed by atoms with Gasteiger partial charge >= 0.3 is 0 Å². The summed E-state index contributed by atoms with van der Waals surface area (Å²) in [6.07, 6.45) is 4.94. The van der Waals surface area contributed by atoms with Crippen molar-refractivity contribution in [2.75, 3.05) is 26.7 Å². The molecule has 0 radical (unpaired) electrons. The second-order valence-corrected chi connectivity index (χ2v) is 3.81. The summed E-state index contributed by atoms with van der Waals surface area (Å²) in [7, 11) is 2.15. The van der Waals surface area contributed by atoms with Gasteiger partial charge in [0.25, 0.3) is 0 Å². The Kier molecular flexibility index (Phi) is 5.97. The van der Waals surface area contributed by atoms with E-state index in [4.69, 9.17) is 0 Å². The summed E-state index contributed by atoms with van der Waals surface area (Å²) < 4.78 is 0. The minimum absolute atomic E-state index is 0.986. The number of nitrogens with one attached hydrogen (secondary N) is 1. The maximum atomic E-state index is 4.11. The number of aromatic nitrogens is 1. The third-order valence-electron chi connectivity index (χ3n) is 2.32. The number of nitrogens with zero attached hydrogens (tertiary/aromatic N) is 2. The summed E-state index contributed by atoms with van der Waals surface area (Å²) in [6, 6.07) is 4.11. The molecule has 3 heteroatoms. The predicted octanol–water partition coefficient (Wildman–Crippen LogP) is 1.51. The largest absolute Gasteiger partial charge is 0.317 e. The lowest BCUT2D eigenvalue weighted by Gasteiger charge is -2.16. The average molecular weight is 207 g/mol. The molecule has 1 N–H and O–H groups in total. The number of hydrogen-bond acceptors (Lipinski definition) is 3. The van der Waals surface area contributed by atoms with Crippen LogP contribution in [0.5, 0.6) is 0 Å². The standard InChI is InChI=1S/C12H21N3/c1-3-13-8-5-9-15(2)11-12-6-4-7-14-10-12/h4,6-7,10,13H,3,5,8-9,11H2,1-2H3. The average Bonchev–Trinajstić information content (AvgIpc) is 2.26. The van der Waals surface area contributed by atoms with E-state index in [1.165, 1.54) is 12.0 Å². The van der Waals surface area contributed by atoms with E-state index in [0.717, 1.165) is 26.2 Å². The Morgan fingerprint density at radius 2 is 2.33 bits per heavy atom. The molecule has 1 aromatic rings. The van der Waals surface area contributed by atoms with Crippen LogP contribution < -0.4 is 5.32 Å². The Labute approximate surface area is 92.5 Å². The summed E-state index contributed by atoms with van der Waals surface area (Å²) in [5.41, 5.74) is 1.28. The molecule has 3 nitrogen and oxygen atoms in total. The molecule has 1 aromatic heterocycles. The highest BCUT2D eigenvalue weighted by Gasteiger charge is 1.99. The van der Waals surface area contributed by atoms with E-state index in [1.54, 1.807) is 0 Å². The Hall–Kier alpha value is -0.930. The minimum atomic E-state index is 0.986. The SMILES string of the molecule is CCNCCCN(C)Cc1cccnc1. The van der Waals surface area contributed by atoms with Gasteiger partial charge in [0.05, 0.1) is 0 Å². The molecule has 1 heterocycles. The monoisotopic (exact) mass is 207 g/mol. The van der Waals surface area contributed by atoms with Crippen LogP contribution in [0.3, 0.4) is 0 Å². The van der Waals surface area contributed by atoms with Crippen molar-refractivity contribution < 1.29 is 0 Å². The molecule has 0 saturated carbocycles. The second-order valence-electron chi connectivity index (χ2n) is 3.81. The van der Waals surface area contributed by atoms with Gasteiger partial charge in [-0.3, -0.25) is 4.98 Å². The van der Waals surface area contributed by atoms with Gasteiger partial charge in [-0.05, 0) is 44.7 Å². The van der Waals surface area contributed by atoms with Crippen LogP contribution in [0.25, 0.3) is 0 Å². The zero-order chi connectivity index (χ0) is 10.9. The van der Waals surface area contributed by atoms with Crippen LogP contribution >= 0.6 is 0 Å². The quantitative estimate of drug-likeness (QED) is 0.687. The maximum absolute atomic E-state index is 4.11. The molecule has 0 aromatic carbocycles. The van der Waals surface area contributed by atoms with Crippen molar-refractivity contribution in [3.8, 4) is 0 Å². The highest BCUT2D eigenvalue weighted by atomic mass is 15.1. The van der Waals surface area contributed by atoms with Crippen LogP contribution in [-0.2, 0) is 6.54 Å². The highest BCUT2D eigenvalue weighted by Crippen LogP contribution is 2.00. The Morgan fingerprint density at radius 3 is 3.00 bits per heavy atom. The summed E-state index contributed by atoms with van der Waals surface area (Å²) >= 11 is 0. The summed E-state index contributed by atoms with van der Waals surface area (Å²) in [6.45, 7) is 6.42. The van der Waals surface area contributed by atoms with Gasteiger partial charge in [-0.25, -0.2) is 0 Å². The fourth-order valence-corrected chi connectivity index (χ4v) is 1.53. The van der Waals surface area contributed by atoms with E-state index in [0.29, 0.717) is 0 Å². The van der Waals surface area contributed by atoms with Gasteiger partial charge in [-0.2, -0.15) is 0 Å². The van der Waals surface area contributed by atoms with Gasteiger partial charge in [0, 0.05) is 18.9 Å². The van der Waals surface area contributed by atoms with Crippen molar-refractivity contribution in [1.29, 1.82) is 0 Å². The third-order valence-corrected chi connectivity index (χ3v) is 2.32. The molecule has 0 spiro atoms. The van der Waals surface area contributed by atoms with E-state index >= 15 is 0 Å². The maximum Gasteiger partial charge on any atom is 0.0312 e. The molecule has 0 saturated heterocycles. The van der Waals surface area contributed by atoms with Crippen LogP contribution in [0, 0.1) is 0 Å². The molecule has 0 atom stereocenters. The van der Waals surface area contributed by atoms with E-state index in [2.05, 4.69) is 35.2 Å². The zero-order valence-electron chi connectivity index (χ0n) is 9.74. The molecular formula is C12H21N3. The van der Waals surface area contributed by atoms with E-state index in [9.17, 15) is 0 Å². The molecule has 84 valence electrons. The van der Waals surface area contributed by atoms with E-state index in [1.807, 2.05) is 18.5 Å². The third kappa shape index (κ3) is 5.50. The van der Waals surface area contributed by atoms with Gasteiger partial charge in [0.2, 0.25) is 0 Å². The molecule has 1 rings (SSSR count). The molecule has 0 fully saturated rings. The first-order valence-electron chi connectivity index (χ1n) is 5.61. The lowest BCUT2D eigenvalue weighted by atomic mass is 10.2. The molecule has 0 aliphatic rings. The van der Waals surface area contributed by atoms with Crippen molar-refractivity contribution in [2.45, 2.75) is 19.9 Å². The summed E-state index contributed by atoms with van der Waals surface area (Å²) in [5.74, 6) is 0. The molecule has 0 bridgehead atoms. The van der Waals surface area contributed by atoms with Gasteiger partial charge in [0.15, 0.2) is 0 Å². The Morgan fingerprint density at radius 1 is 1.47 bits per heavy atom. The number of rotatable bonds is 7. The minimum Gasteiger partial charge on any atom is -0.317 e. The lowest BCUT2D eigenvalue weighted by molar-refractivity contribution is 0.320. The van der Waals surface area contributed by atoms with Crippen molar-refractivity contribution in [1.82, 2.24) is 15.2 Å². The van der Waals surface area contributed by atoms with Crippen molar-refractivity contribution >= 4 is 0 Å². The van der Waals surface area contributed by atoms with E-state index in [-0.39, 0.29) is 0 Å². The van der Waals surface area contributed by atoms with E-state index < -0.39 is 0 Å². The first-order chi connectivity index (χ1) is 7.33. The van der Waals surface area contributed by atoms with Gasteiger partial charge in [-0.1, -0.05) is 13.0 Å².